The van der Waals surface area contributed by atoms with Crippen molar-refractivity contribution in [3.63, 3.8) is 0 Å². The summed E-state index contributed by atoms with van der Waals surface area (Å²) in [5.74, 6) is -0.110. The molecule has 108 valence electrons. The van der Waals surface area contributed by atoms with Gasteiger partial charge in [0.2, 0.25) is 5.91 Å². The number of rotatable bonds is 6. The fraction of sp³-hybridized carbons (Fsp3) is 0.400. The van der Waals surface area contributed by atoms with Crippen LogP contribution < -0.4 is 5.32 Å². The molecule has 0 aliphatic heterocycles. The Kier molecular flexibility index (Phi) is 4.96. The third-order valence-electron chi connectivity index (χ3n) is 3.28. The third kappa shape index (κ3) is 3.91. The van der Waals surface area contributed by atoms with Crippen molar-refractivity contribution in [3.05, 3.63) is 44.8 Å². The van der Waals surface area contributed by atoms with Gasteiger partial charge in [0, 0.05) is 10.8 Å². The first kappa shape index (κ1) is 15.2. The number of hydrogen-bond acceptors (Lipinski definition) is 4. The molecule has 0 aliphatic carbocycles. The van der Waals surface area contributed by atoms with Crippen LogP contribution in [0, 0.1) is 5.92 Å². The fourth-order valence-corrected chi connectivity index (χ4v) is 3.55. The maximum Gasteiger partial charge on any atom is 0.223 e. The van der Waals surface area contributed by atoms with Crippen LogP contribution in [0.1, 0.15) is 24.3 Å². The predicted octanol–water partition coefficient (Wildman–Crippen LogP) is 3.01. The molecule has 0 saturated carbocycles. The molecule has 0 saturated heterocycles. The molecule has 2 N–H and O–H groups in total. The van der Waals surface area contributed by atoms with Crippen LogP contribution in [0.15, 0.2) is 34.3 Å². The number of carbonyl (C=O) groups excluding carboxylic acids is 1. The minimum absolute atomic E-state index is 0.0195. The topological polar surface area (TPSA) is 49.3 Å². The van der Waals surface area contributed by atoms with E-state index in [1.807, 2.05) is 41.3 Å². The smallest absolute Gasteiger partial charge is 0.223 e. The van der Waals surface area contributed by atoms with Crippen molar-refractivity contribution in [1.29, 1.82) is 0 Å². The van der Waals surface area contributed by atoms with Gasteiger partial charge in [0.05, 0.1) is 6.54 Å². The van der Waals surface area contributed by atoms with E-state index in [0.717, 1.165) is 12.0 Å². The van der Waals surface area contributed by atoms with Crippen molar-refractivity contribution in [1.82, 2.24) is 5.32 Å². The quantitative estimate of drug-likeness (QED) is 0.862. The Labute approximate surface area is 127 Å². The van der Waals surface area contributed by atoms with Gasteiger partial charge < -0.3 is 10.4 Å². The monoisotopic (exact) mass is 309 g/mol. The predicted molar refractivity (Wildman–Crippen MR) is 84.1 cm³/mol. The molecule has 2 unspecified atom stereocenters. The summed E-state index contributed by atoms with van der Waals surface area (Å²) < 4.78 is 0. The standard InChI is InChI=1S/C15H19NO2S2/c1-11(8-13-4-3-6-20-13)14(17)16-10-15(2,18)12-5-7-19-9-12/h3-7,9,11,18H,8,10H2,1-2H3,(H,16,17). The number of nitrogens with one attached hydrogen (secondary N) is 1. The van der Waals surface area contributed by atoms with Crippen LogP contribution in [0.4, 0.5) is 0 Å². The average Bonchev–Trinajstić information content (AvgIpc) is 3.08. The van der Waals surface area contributed by atoms with Gasteiger partial charge in [-0.15, -0.1) is 11.3 Å². The second-order valence-corrected chi connectivity index (χ2v) is 7.00. The van der Waals surface area contributed by atoms with E-state index in [9.17, 15) is 9.90 Å². The summed E-state index contributed by atoms with van der Waals surface area (Å²) in [6, 6.07) is 5.91. The van der Waals surface area contributed by atoms with Crippen molar-refractivity contribution < 1.29 is 9.90 Å². The Bertz CT molecular complexity index is 532. The maximum absolute atomic E-state index is 12.1. The Morgan fingerprint density at radius 1 is 1.45 bits per heavy atom. The van der Waals surface area contributed by atoms with Crippen molar-refractivity contribution in [3.8, 4) is 0 Å². The molecular weight excluding hydrogens is 290 g/mol. The molecule has 2 aromatic rings. The van der Waals surface area contributed by atoms with Crippen LogP contribution in [0.3, 0.4) is 0 Å². The molecule has 0 aliphatic rings. The second-order valence-electron chi connectivity index (χ2n) is 5.19. The second kappa shape index (κ2) is 6.52. The number of carbonyl (C=O) groups is 1. The number of amides is 1. The Hall–Kier alpha value is -1.17. The van der Waals surface area contributed by atoms with E-state index >= 15 is 0 Å². The lowest BCUT2D eigenvalue weighted by Gasteiger charge is -2.23. The lowest BCUT2D eigenvalue weighted by molar-refractivity contribution is -0.125. The molecule has 2 atom stereocenters. The molecule has 2 aromatic heterocycles. The van der Waals surface area contributed by atoms with Crippen molar-refractivity contribution >= 4 is 28.6 Å². The van der Waals surface area contributed by atoms with Crippen molar-refractivity contribution in [2.24, 2.45) is 5.92 Å². The molecule has 0 bridgehead atoms. The highest BCUT2D eigenvalue weighted by molar-refractivity contribution is 7.09. The summed E-state index contributed by atoms with van der Waals surface area (Å²) in [5.41, 5.74) is -0.174. The molecule has 2 heterocycles. The van der Waals surface area contributed by atoms with Gasteiger partial charge in [0.1, 0.15) is 5.60 Å². The Balaban J connectivity index is 1.85. The Morgan fingerprint density at radius 3 is 2.85 bits per heavy atom. The normalized spacial score (nSPS) is 15.6. The summed E-state index contributed by atoms with van der Waals surface area (Å²) in [7, 11) is 0. The molecular formula is C15H19NO2S2. The highest BCUT2D eigenvalue weighted by Crippen LogP contribution is 2.22. The van der Waals surface area contributed by atoms with Gasteiger partial charge in [-0.3, -0.25) is 4.79 Å². The molecule has 0 spiro atoms. The van der Waals surface area contributed by atoms with Crippen LogP contribution in [0.2, 0.25) is 0 Å². The van der Waals surface area contributed by atoms with Gasteiger partial charge in [-0.25, -0.2) is 0 Å². The van der Waals surface area contributed by atoms with Crippen molar-refractivity contribution in [2.75, 3.05) is 6.54 Å². The number of aliphatic hydroxyl groups is 1. The fourth-order valence-electron chi connectivity index (χ4n) is 1.93. The Morgan fingerprint density at radius 2 is 2.25 bits per heavy atom. The molecule has 20 heavy (non-hydrogen) atoms. The van der Waals surface area contributed by atoms with Gasteiger partial charge in [0.25, 0.3) is 0 Å². The van der Waals surface area contributed by atoms with Gasteiger partial charge in [0.15, 0.2) is 0 Å². The van der Waals surface area contributed by atoms with E-state index in [0.29, 0.717) is 0 Å². The van der Waals surface area contributed by atoms with Gasteiger partial charge in [-0.05, 0) is 47.2 Å². The SMILES string of the molecule is CC(Cc1cccs1)C(=O)NCC(C)(O)c1ccsc1. The van der Waals surface area contributed by atoms with Crippen LogP contribution >= 0.6 is 22.7 Å². The van der Waals surface area contributed by atoms with E-state index in [-0.39, 0.29) is 18.4 Å². The van der Waals surface area contributed by atoms with Crippen LogP contribution in [-0.2, 0) is 16.8 Å². The largest absolute Gasteiger partial charge is 0.384 e. The van der Waals surface area contributed by atoms with E-state index < -0.39 is 5.60 Å². The molecule has 1 amide bonds. The third-order valence-corrected chi connectivity index (χ3v) is 4.87. The molecule has 3 nitrogen and oxygen atoms in total. The van der Waals surface area contributed by atoms with E-state index in [1.165, 1.54) is 16.2 Å². The zero-order chi connectivity index (χ0) is 14.6. The minimum Gasteiger partial charge on any atom is -0.384 e. The first-order valence-electron chi connectivity index (χ1n) is 6.54. The van der Waals surface area contributed by atoms with Gasteiger partial charge in [-0.1, -0.05) is 13.0 Å². The summed E-state index contributed by atoms with van der Waals surface area (Å²) in [5, 5.41) is 19.0. The minimum atomic E-state index is -1.02. The lowest BCUT2D eigenvalue weighted by Crippen LogP contribution is -2.40. The maximum atomic E-state index is 12.1. The molecule has 5 heteroatoms. The van der Waals surface area contributed by atoms with E-state index in [4.69, 9.17) is 0 Å². The highest BCUT2D eigenvalue weighted by atomic mass is 32.1. The highest BCUT2D eigenvalue weighted by Gasteiger charge is 2.25. The molecule has 0 aromatic carbocycles. The number of thiophene rings is 2. The van der Waals surface area contributed by atoms with Crippen LogP contribution in [-0.4, -0.2) is 17.6 Å². The summed E-state index contributed by atoms with van der Waals surface area (Å²) >= 11 is 3.20. The van der Waals surface area contributed by atoms with Crippen LogP contribution in [0.25, 0.3) is 0 Å². The molecule has 2 rings (SSSR count). The zero-order valence-corrected chi connectivity index (χ0v) is 13.3. The lowest BCUT2D eigenvalue weighted by atomic mass is 9.98. The summed E-state index contributed by atoms with van der Waals surface area (Å²) in [6.45, 7) is 3.87. The van der Waals surface area contributed by atoms with Crippen molar-refractivity contribution in [2.45, 2.75) is 25.9 Å². The zero-order valence-electron chi connectivity index (χ0n) is 11.6. The van der Waals surface area contributed by atoms with E-state index in [2.05, 4.69) is 5.32 Å². The first-order valence-corrected chi connectivity index (χ1v) is 8.36. The van der Waals surface area contributed by atoms with Gasteiger partial charge >= 0.3 is 0 Å². The average molecular weight is 309 g/mol. The summed E-state index contributed by atoms with van der Waals surface area (Å²) in [6.07, 6.45) is 0.740. The van der Waals surface area contributed by atoms with Crippen LogP contribution in [0.5, 0.6) is 0 Å². The first-order chi connectivity index (χ1) is 9.49. The van der Waals surface area contributed by atoms with Gasteiger partial charge in [-0.2, -0.15) is 11.3 Å². The number of hydrogen-bond donors (Lipinski definition) is 2. The summed E-state index contributed by atoms with van der Waals surface area (Å²) in [4.78, 5) is 13.3. The molecule has 0 fully saturated rings. The van der Waals surface area contributed by atoms with E-state index in [1.54, 1.807) is 18.3 Å². The molecule has 0 radical (unpaired) electrons.